The minimum atomic E-state index is 0.198. The molecule has 0 aliphatic heterocycles. The van der Waals surface area contributed by atoms with Crippen molar-refractivity contribution in [1.82, 2.24) is 0 Å². The zero-order chi connectivity index (χ0) is 14.8. The van der Waals surface area contributed by atoms with Gasteiger partial charge in [0.05, 0.1) is 7.11 Å². The summed E-state index contributed by atoms with van der Waals surface area (Å²) in [6.45, 7) is 4.46. The highest BCUT2D eigenvalue weighted by Crippen LogP contribution is 2.37. The summed E-state index contributed by atoms with van der Waals surface area (Å²) in [5.41, 5.74) is 0. The van der Waals surface area contributed by atoms with E-state index in [1.807, 2.05) is 0 Å². The molecule has 0 heterocycles. The van der Waals surface area contributed by atoms with Crippen molar-refractivity contribution in [1.29, 1.82) is 0 Å². The standard InChI is InChI=1S/C18H32O2/c1-4-6-8-10-12-15-16(13-11-9-7-5-2)18(20-3)14-17(15)19/h14-16H,4-13H2,1-3H3/t15-,16-/m1/s1. The summed E-state index contributed by atoms with van der Waals surface area (Å²) in [5, 5.41) is 0. The van der Waals surface area contributed by atoms with Crippen LogP contribution in [0.4, 0.5) is 0 Å². The monoisotopic (exact) mass is 280 g/mol. The quantitative estimate of drug-likeness (QED) is 0.482. The number of carbonyl (C=O) groups excluding carboxylic acids is 1. The van der Waals surface area contributed by atoms with E-state index in [-0.39, 0.29) is 5.92 Å². The highest BCUT2D eigenvalue weighted by Gasteiger charge is 2.35. The van der Waals surface area contributed by atoms with E-state index in [1.165, 1.54) is 51.4 Å². The first-order valence-corrected chi connectivity index (χ1v) is 8.54. The molecular formula is C18H32O2. The normalized spacial score (nSPS) is 22.1. The third kappa shape index (κ3) is 5.30. The van der Waals surface area contributed by atoms with Crippen LogP contribution in [0.2, 0.25) is 0 Å². The third-order valence-electron chi connectivity index (χ3n) is 4.47. The van der Waals surface area contributed by atoms with Crippen LogP contribution < -0.4 is 0 Å². The first-order chi connectivity index (χ1) is 9.74. The first-order valence-electron chi connectivity index (χ1n) is 8.54. The molecule has 0 saturated carbocycles. The van der Waals surface area contributed by atoms with Crippen LogP contribution >= 0.6 is 0 Å². The van der Waals surface area contributed by atoms with Crippen molar-refractivity contribution in [2.24, 2.45) is 11.8 Å². The maximum atomic E-state index is 12.2. The number of carbonyl (C=O) groups is 1. The van der Waals surface area contributed by atoms with Crippen molar-refractivity contribution in [3.05, 3.63) is 11.8 Å². The maximum Gasteiger partial charge on any atom is 0.162 e. The lowest BCUT2D eigenvalue weighted by Gasteiger charge is -2.21. The minimum absolute atomic E-state index is 0.198. The fourth-order valence-electron chi connectivity index (χ4n) is 3.23. The van der Waals surface area contributed by atoms with Gasteiger partial charge in [-0.15, -0.1) is 0 Å². The van der Waals surface area contributed by atoms with E-state index in [1.54, 1.807) is 13.2 Å². The van der Waals surface area contributed by atoms with Crippen LogP contribution in [-0.2, 0) is 9.53 Å². The Labute approximate surface area is 125 Å². The Bertz CT molecular complexity index is 307. The van der Waals surface area contributed by atoms with Gasteiger partial charge >= 0.3 is 0 Å². The smallest absolute Gasteiger partial charge is 0.162 e. The van der Waals surface area contributed by atoms with E-state index in [9.17, 15) is 4.79 Å². The molecule has 0 bridgehead atoms. The van der Waals surface area contributed by atoms with Crippen molar-refractivity contribution in [2.45, 2.75) is 78.1 Å². The number of rotatable bonds is 11. The summed E-state index contributed by atoms with van der Waals surface area (Å²) in [6.07, 6.45) is 13.9. The molecule has 0 fully saturated rings. The molecule has 1 aliphatic rings. The Morgan fingerprint density at radius 2 is 1.45 bits per heavy atom. The van der Waals surface area contributed by atoms with E-state index in [2.05, 4.69) is 13.8 Å². The molecule has 116 valence electrons. The summed E-state index contributed by atoms with van der Waals surface area (Å²) >= 11 is 0. The SMILES string of the molecule is CCCCCC[C@H]1C(=O)C=C(OC)[C@@H]1CCCCCC. The number of hydrogen-bond acceptors (Lipinski definition) is 2. The summed E-state index contributed by atoms with van der Waals surface area (Å²) in [7, 11) is 1.71. The van der Waals surface area contributed by atoms with E-state index in [4.69, 9.17) is 4.74 Å². The maximum absolute atomic E-state index is 12.2. The van der Waals surface area contributed by atoms with Gasteiger partial charge in [-0.05, 0) is 12.8 Å². The number of hydrogen-bond donors (Lipinski definition) is 0. The molecule has 2 atom stereocenters. The molecular weight excluding hydrogens is 248 g/mol. The average Bonchev–Trinajstić information content (AvgIpc) is 2.76. The lowest BCUT2D eigenvalue weighted by Crippen LogP contribution is -2.18. The lowest BCUT2D eigenvalue weighted by molar-refractivity contribution is -0.118. The molecule has 0 N–H and O–H groups in total. The number of ketones is 1. The van der Waals surface area contributed by atoms with Gasteiger partial charge in [0.25, 0.3) is 0 Å². The summed E-state index contributed by atoms with van der Waals surface area (Å²) < 4.78 is 5.45. The number of methoxy groups -OCH3 is 1. The molecule has 0 aromatic heterocycles. The third-order valence-corrected chi connectivity index (χ3v) is 4.47. The molecule has 0 radical (unpaired) electrons. The van der Waals surface area contributed by atoms with Crippen LogP contribution in [0.3, 0.4) is 0 Å². The molecule has 1 aliphatic carbocycles. The fourth-order valence-corrected chi connectivity index (χ4v) is 3.23. The van der Waals surface area contributed by atoms with Gasteiger partial charge in [0.2, 0.25) is 0 Å². The highest BCUT2D eigenvalue weighted by molar-refractivity contribution is 5.95. The topological polar surface area (TPSA) is 26.3 Å². The van der Waals surface area contributed by atoms with Gasteiger partial charge in [0.1, 0.15) is 5.76 Å². The Morgan fingerprint density at radius 1 is 0.900 bits per heavy atom. The van der Waals surface area contributed by atoms with Gasteiger partial charge in [0, 0.05) is 17.9 Å². The van der Waals surface area contributed by atoms with Crippen LogP contribution in [0, 0.1) is 11.8 Å². The van der Waals surface area contributed by atoms with Gasteiger partial charge in [0.15, 0.2) is 5.78 Å². The Hall–Kier alpha value is -0.790. The van der Waals surface area contributed by atoms with Crippen LogP contribution in [0.15, 0.2) is 11.8 Å². The highest BCUT2D eigenvalue weighted by atomic mass is 16.5. The van der Waals surface area contributed by atoms with Gasteiger partial charge in [-0.2, -0.15) is 0 Å². The van der Waals surface area contributed by atoms with E-state index in [0.29, 0.717) is 11.7 Å². The molecule has 2 nitrogen and oxygen atoms in total. The molecule has 0 spiro atoms. The fraction of sp³-hybridized carbons (Fsp3) is 0.833. The number of ether oxygens (including phenoxy) is 1. The Kier molecular flexibility index (Phi) is 8.64. The minimum Gasteiger partial charge on any atom is -0.501 e. The second-order valence-electron chi connectivity index (χ2n) is 6.06. The largest absolute Gasteiger partial charge is 0.501 e. The summed E-state index contributed by atoms with van der Waals surface area (Å²) in [6, 6.07) is 0. The molecule has 0 amide bonds. The van der Waals surface area contributed by atoms with Crippen molar-refractivity contribution >= 4 is 5.78 Å². The number of unbranched alkanes of at least 4 members (excludes halogenated alkanes) is 6. The van der Waals surface area contributed by atoms with Gasteiger partial charge < -0.3 is 4.74 Å². The molecule has 0 saturated heterocycles. The van der Waals surface area contributed by atoms with Gasteiger partial charge in [-0.25, -0.2) is 0 Å². The number of allylic oxidation sites excluding steroid dienone is 2. The molecule has 0 aromatic rings. The van der Waals surface area contributed by atoms with Gasteiger partial charge in [-0.3, -0.25) is 4.79 Å². The van der Waals surface area contributed by atoms with Crippen LogP contribution in [-0.4, -0.2) is 12.9 Å². The zero-order valence-corrected chi connectivity index (χ0v) is 13.6. The van der Waals surface area contributed by atoms with Crippen molar-refractivity contribution < 1.29 is 9.53 Å². The second kappa shape index (κ2) is 10.0. The van der Waals surface area contributed by atoms with Crippen molar-refractivity contribution in [3.63, 3.8) is 0 Å². The molecule has 1 rings (SSSR count). The van der Waals surface area contributed by atoms with E-state index >= 15 is 0 Å². The predicted octanol–water partition coefficient (Wildman–Crippen LogP) is 5.27. The Morgan fingerprint density at radius 3 is 1.95 bits per heavy atom. The van der Waals surface area contributed by atoms with Crippen LogP contribution in [0.1, 0.15) is 78.1 Å². The van der Waals surface area contributed by atoms with Crippen LogP contribution in [0.25, 0.3) is 0 Å². The Balaban J connectivity index is 2.45. The summed E-state index contributed by atoms with van der Waals surface area (Å²) in [5.74, 6) is 1.79. The zero-order valence-electron chi connectivity index (χ0n) is 13.6. The molecule has 0 aromatic carbocycles. The molecule has 20 heavy (non-hydrogen) atoms. The lowest BCUT2D eigenvalue weighted by atomic mass is 9.85. The predicted molar refractivity (Wildman–Crippen MR) is 84.6 cm³/mol. The van der Waals surface area contributed by atoms with Gasteiger partial charge in [-0.1, -0.05) is 65.2 Å². The molecule has 0 unspecified atom stereocenters. The summed E-state index contributed by atoms with van der Waals surface area (Å²) in [4.78, 5) is 12.2. The van der Waals surface area contributed by atoms with Crippen molar-refractivity contribution in [2.75, 3.05) is 7.11 Å². The molecule has 2 heteroatoms. The first kappa shape index (κ1) is 17.3. The van der Waals surface area contributed by atoms with E-state index in [0.717, 1.165) is 18.6 Å². The van der Waals surface area contributed by atoms with Crippen molar-refractivity contribution in [3.8, 4) is 0 Å². The average molecular weight is 280 g/mol. The van der Waals surface area contributed by atoms with Crippen LogP contribution in [0.5, 0.6) is 0 Å². The second-order valence-corrected chi connectivity index (χ2v) is 6.06. The van der Waals surface area contributed by atoms with E-state index < -0.39 is 0 Å².